The number of ether oxygens (including phenoxy) is 1. The van der Waals surface area contributed by atoms with Gasteiger partial charge in [0.05, 0.1) is 16.0 Å². The second-order valence-corrected chi connectivity index (χ2v) is 5.08. The van der Waals surface area contributed by atoms with Gasteiger partial charge in [0, 0.05) is 13.7 Å². The van der Waals surface area contributed by atoms with Crippen molar-refractivity contribution >= 4 is 23.1 Å². The van der Waals surface area contributed by atoms with Gasteiger partial charge in [-0.1, -0.05) is 12.2 Å². The first-order chi connectivity index (χ1) is 6.63. The zero-order chi connectivity index (χ0) is 12.3. The number of nitrogens with two attached hydrogens (primary N) is 1. The summed E-state index contributed by atoms with van der Waals surface area (Å²) in [7, 11) is 1.60. The zero-order valence-corrected chi connectivity index (χ0v) is 10.8. The van der Waals surface area contributed by atoms with Crippen LogP contribution in [0.25, 0.3) is 0 Å². The number of rotatable bonds is 5. The van der Waals surface area contributed by atoms with Gasteiger partial charge in [0.15, 0.2) is 0 Å². The Labute approximate surface area is 96.5 Å². The number of thiocarbonyl (C=S) groups is 1. The number of hydrogen-bond donors (Lipinski definition) is 2. The molecule has 0 heterocycles. The average molecular weight is 232 g/mol. The van der Waals surface area contributed by atoms with Gasteiger partial charge in [-0.25, -0.2) is 0 Å². The smallest absolute Gasteiger partial charge is 0.232 e. The van der Waals surface area contributed by atoms with Crippen molar-refractivity contribution in [2.45, 2.75) is 33.3 Å². The largest absolute Gasteiger partial charge is 0.392 e. The van der Waals surface area contributed by atoms with E-state index >= 15 is 0 Å². The monoisotopic (exact) mass is 232 g/mol. The Morgan fingerprint density at radius 2 is 1.87 bits per heavy atom. The van der Waals surface area contributed by atoms with Crippen molar-refractivity contribution in [2.24, 2.45) is 11.1 Å². The molecular weight excluding hydrogens is 212 g/mol. The molecule has 5 heteroatoms. The fourth-order valence-corrected chi connectivity index (χ4v) is 0.791. The van der Waals surface area contributed by atoms with E-state index in [4.69, 9.17) is 22.7 Å². The molecule has 0 fully saturated rings. The Morgan fingerprint density at radius 1 is 1.40 bits per heavy atom. The molecule has 0 radical (unpaired) electrons. The predicted octanol–water partition coefficient (Wildman–Crippen LogP) is 0.840. The van der Waals surface area contributed by atoms with E-state index in [0.29, 0.717) is 6.54 Å². The van der Waals surface area contributed by atoms with Crippen molar-refractivity contribution in [3.63, 3.8) is 0 Å². The highest BCUT2D eigenvalue weighted by atomic mass is 32.1. The van der Waals surface area contributed by atoms with Crippen molar-refractivity contribution in [1.82, 2.24) is 5.32 Å². The van der Waals surface area contributed by atoms with Gasteiger partial charge in [-0.05, 0) is 27.7 Å². The molecule has 1 amide bonds. The van der Waals surface area contributed by atoms with E-state index in [1.165, 1.54) is 0 Å². The van der Waals surface area contributed by atoms with Crippen molar-refractivity contribution in [2.75, 3.05) is 13.7 Å². The maximum Gasteiger partial charge on any atom is 0.232 e. The molecule has 0 aliphatic carbocycles. The summed E-state index contributed by atoms with van der Waals surface area (Å²) < 4.78 is 5.18. The quantitative estimate of drug-likeness (QED) is 0.689. The molecule has 0 saturated heterocycles. The van der Waals surface area contributed by atoms with E-state index < -0.39 is 5.41 Å². The van der Waals surface area contributed by atoms with E-state index in [-0.39, 0.29) is 16.5 Å². The first kappa shape index (κ1) is 14.3. The van der Waals surface area contributed by atoms with E-state index in [1.807, 2.05) is 13.8 Å². The second-order valence-electron chi connectivity index (χ2n) is 4.64. The minimum Gasteiger partial charge on any atom is -0.392 e. The number of amides is 1. The van der Waals surface area contributed by atoms with E-state index in [9.17, 15) is 4.79 Å². The standard InChI is InChI=1S/C10H20N2O2S/c1-9(2,14-5)6-12-8(13)10(3,4)7(11)15/h6H2,1-5H3,(H2,11,15)(H,12,13). The molecule has 3 N–H and O–H groups in total. The molecule has 0 aliphatic heterocycles. The molecule has 0 saturated carbocycles. The summed E-state index contributed by atoms with van der Waals surface area (Å²) in [5.74, 6) is -0.180. The molecular formula is C10H20N2O2S. The zero-order valence-electron chi connectivity index (χ0n) is 10.0. The minimum atomic E-state index is -0.820. The van der Waals surface area contributed by atoms with Crippen molar-refractivity contribution < 1.29 is 9.53 Å². The number of carbonyl (C=O) groups is 1. The Balaban J connectivity index is 4.34. The number of hydrogen-bond acceptors (Lipinski definition) is 3. The Morgan fingerprint density at radius 3 is 2.20 bits per heavy atom. The van der Waals surface area contributed by atoms with Crippen LogP contribution in [0.4, 0.5) is 0 Å². The van der Waals surface area contributed by atoms with Crippen LogP contribution in [0.15, 0.2) is 0 Å². The third-order valence-corrected chi connectivity index (χ3v) is 2.92. The molecule has 0 aromatic rings. The average Bonchev–Trinajstić information content (AvgIpc) is 2.14. The fraction of sp³-hybridized carbons (Fsp3) is 0.800. The molecule has 0 aromatic carbocycles. The normalized spacial score (nSPS) is 12.3. The predicted molar refractivity (Wildman–Crippen MR) is 64.7 cm³/mol. The second kappa shape index (κ2) is 4.90. The van der Waals surface area contributed by atoms with Crippen LogP contribution in [0.1, 0.15) is 27.7 Å². The Bertz CT molecular complexity index is 262. The Hall–Kier alpha value is -0.680. The van der Waals surface area contributed by atoms with Crippen LogP contribution in [0.2, 0.25) is 0 Å². The van der Waals surface area contributed by atoms with Crippen molar-refractivity contribution in [1.29, 1.82) is 0 Å². The number of nitrogens with one attached hydrogen (secondary N) is 1. The van der Waals surface area contributed by atoms with Gasteiger partial charge in [-0.2, -0.15) is 0 Å². The Kier molecular flexibility index (Phi) is 4.67. The highest BCUT2D eigenvalue weighted by molar-refractivity contribution is 7.80. The molecule has 88 valence electrons. The van der Waals surface area contributed by atoms with E-state index in [1.54, 1.807) is 21.0 Å². The maximum atomic E-state index is 11.7. The lowest BCUT2D eigenvalue weighted by Crippen LogP contribution is -2.49. The molecule has 0 unspecified atom stereocenters. The SMILES string of the molecule is COC(C)(C)CNC(=O)C(C)(C)C(N)=S. The molecule has 0 bridgehead atoms. The lowest BCUT2D eigenvalue weighted by Gasteiger charge is -2.27. The fourth-order valence-electron chi connectivity index (χ4n) is 0.698. The summed E-state index contributed by atoms with van der Waals surface area (Å²) in [5, 5.41) is 2.76. The van der Waals surface area contributed by atoms with Crippen LogP contribution in [0, 0.1) is 5.41 Å². The summed E-state index contributed by atoms with van der Waals surface area (Å²) in [4.78, 5) is 11.9. The maximum absolute atomic E-state index is 11.7. The summed E-state index contributed by atoms with van der Waals surface area (Å²) in [5.41, 5.74) is 4.28. The summed E-state index contributed by atoms with van der Waals surface area (Å²) in [6.07, 6.45) is 0. The van der Waals surface area contributed by atoms with Crippen LogP contribution in [0.3, 0.4) is 0 Å². The first-order valence-electron chi connectivity index (χ1n) is 4.77. The third kappa shape index (κ3) is 4.13. The first-order valence-corrected chi connectivity index (χ1v) is 5.17. The van der Waals surface area contributed by atoms with Gasteiger partial charge in [-0.15, -0.1) is 0 Å². The molecule has 0 rings (SSSR count). The lowest BCUT2D eigenvalue weighted by molar-refractivity contribution is -0.127. The van der Waals surface area contributed by atoms with E-state index in [2.05, 4.69) is 5.32 Å². The van der Waals surface area contributed by atoms with Gasteiger partial charge in [0.2, 0.25) is 5.91 Å². The summed E-state index contributed by atoms with van der Waals surface area (Å²) in [6, 6.07) is 0. The molecule has 15 heavy (non-hydrogen) atoms. The summed E-state index contributed by atoms with van der Waals surface area (Å²) >= 11 is 4.83. The molecule has 0 aromatic heterocycles. The molecule has 0 aliphatic rings. The van der Waals surface area contributed by atoms with Crippen molar-refractivity contribution in [3.8, 4) is 0 Å². The van der Waals surface area contributed by atoms with Crippen LogP contribution in [-0.2, 0) is 9.53 Å². The van der Waals surface area contributed by atoms with Gasteiger partial charge in [0.25, 0.3) is 0 Å². The number of carbonyl (C=O) groups excluding carboxylic acids is 1. The topological polar surface area (TPSA) is 64.3 Å². The van der Waals surface area contributed by atoms with Gasteiger partial charge < -0.3 is 15.8 Å². The highest BCUT2D eigenvalue weighted by Gasteiger charge is 2.31. The minimum absolute atomic E-state index is 0.180. The molecule has 0 spiro atoms. The van der Waals surface area contributed by atoms with Crippen LogP contribution in [0.5, 0.6) is 0 Å². The van der Waals surface area contributed by atoms with Crippen LogP contribution < -0.4 is 11.1 Å². The van der Waals surface area contributed by atoms with Crippen molar-refractivity contribution in [3.05, 3.63) is 0 Å². The lowest BCUT2D eigenvalue weighted by atomic mass is 9.92. The third-order valence-electron chi connectivity index (χ3n) is 2.41. The summed E-state index contributed by atoms with van der Waals surface area (Å²) in [6.45, 7) is 7.60. The van der Waals surface area contributed by atoms with Gasteiger partial charge in [0.1, 0.15) is 0 Å². The van der Waals surface area contributed by atoms with Crippen LogP contribution >= 0.6 is 12.2 Å². The molecule has 0 atom stereocenters. The van der Waals surface area contributed by atoms with Gasteiger partial charge >= 0.3 is 0 Å². The van der Waals surface area contributed by atoms with Crippen LogP contribution in [-0.4, -0.2) is 30.2 Å². The van der Waals surface area contributed by atoms with Gasteiger partial charge in [-0.3, -0.25) is 4.79 Å². The molecule has 4 nitrogen and oxygen atoms in total. The highest BCUT2D eigenvalue weighted by Crippen LogP contribution is 2.16. The number of methoxy groups -OCH3 is 1. The van der Waals surface area contributed by atoms with E-state index in [0.717, 1.165) is 0 Å².